The van der Waals surface area contributed by atoms with Crippen molar-refractivity contribution >= 4 is 11.6 Å². The Bertz CT molecular complexity index is 210. The van der Waals surface area contributed by atoms with Crippen molar-refractivity contribution in [2.75, 3.05) is 12.5 Å². The second-order valence-electron chi connectivity index (χ2n) is 2.48. The molecule has 0 heterocycles. The molecule has 0 bridgehead atoms. The first kappa shape index (κ1) is 9.40. The minimum atomic E-state index is 0.643. The minimum absolute atomic E-state index is 0.643. The number of hydrogen-bond acceptors (Lipinski definition) is 1. The summed E-state index contributed by atoms with van der Waals surface area (Å²) in [6.07, 6.45) is 0.873. The topological polar surface area (TPSA) is 9.23 Å². The lowest BCUT2D eigenvalue weighted by Gasteiger charge is -2.07. The molecule has 0 amide bonds. The minimum Gasteiger partial charge on any atom is -0.494 e. The molecule has 0 spiro atoms. The van der Waals surface area contributed by atoms with Crippen LogP contribution in [0.15, 0.2) is 24.3 Å². The van der Waals surface area contributed by atoms with Gasteiger partial charge in [0.2, 0.25) is 0 Å². The van der Waals surface area contributed by atoms with Crippen LogP contribution in [0, 0.1) is 0 Å². The summed E-state index contributed by atoms with van der Waals surface area (Å²) in [4.78, 5) is 0. The van der Waals surface area contributed by atoms with Gasteiger partial charge in [-0.15, -0.1) is 11.6 Å². The molecule has 1 rings (SSSR count). The summed E-state index contributed by atoms with van der Waals surface area (Å²) in [5, 5.41) is 0. The Labute approximate surface area is 78.3 Å². The summed E-state index contributed by atoms with van der Waals surface area (Å²) < 4.78 is 5.43. The van der Waals surface area contributed by atoms with E-state index in [0.717, 1.165) is 12.2 Å². The fourth-order valence-electron chi connectivity index (χ4n) is 1.11. The van der Waals surface area contributed by atoms with Crippen LogP contribution < -0.4 is 4.74 Å². The highest BCUT2D eigenvalue weighted by Crippen LogP contribution is 2.18. The first-order valence-electron chi connectivity index (χ1n) is 4.15. The van der Waals surface area contributed by atoms with Crippen LogP contribution in [-0.2, 0) is 6.42 Å². The van der Waals surface area contributed by atoms with E-state index in [1.807, 2.05) is 31.2 Å². The number of hydrogen-bond donors (Lipinski definition) is 0. The molecule has 0 radical (unpaired) electrons. The van der Waals surface area contributed by atoms with Gasteiger partial charge in [-0.1, -0.05) is 18.2 Å². The molecular formula is C10H13ClO. The van der Waals surface area contributed by atoms with Gasteiger partial charge in [-0.3, -0.25) is 0 Å². The van der Waals surface area contributed by atoms with E-state index in [2.05, 4.69) is 0 Å². The number of rotatable bonds is 4. The van der Waals surface area contributed by atoms with E-state index in [1.165, 1.54) is 5.56 Å². The van der Waals surface area contributed by atoms with Crippen molar-refractivity contribution in [3.63, 3.8) is 0 Å². The zero-order chi connectivity index (χ0) is 8.81. The molecule has 1 aromatic rings. The van der Waals surface area contributed by atoms with Gasteiger partial charge in [-0.2, -0.15) is 0 Å². The molecule has 0 aliphatic heterocycles. The molecule has 0 aliphatic rings. The Morgan fingerprint density at radius 2 is 2.08 bits per heavy atom. The summed E-state index contributed by atoms with van der Waals surface area (Å²) >= 11 is 5.65. The van der Waals surface area contributed by atoms with Gasteiger partial charge in [0.25, 0.3) is 0 Å². The van der Waals surface area contributed by atoms with Crippen LogP contribution >= 0.6 is 11.6 Å². The fourth-order valence-corrected chi connectivity index (χ4v) is 1.31. The molecular weight excluding hydrogens is 172 g/mol. The second-order valence-corrected chi connectivity index (χ2v) is 2.86. The molecule has 0 atom stereocenters. The molecule has 0 aliphatic carbocycles. The van der Waals surface area contributed by atoms with Gasteiger partial charge < -0.3 is 4.74 Å². The SMILES string of the molecule is CCOc1ccccc1CCCl. The van der Waals surface area contributed by atoms with Crippen LogP contribution in [0.5, 0.6) is 5.75 Å². The van der Waals surface area contributed by atoms with E-state index < -0.39 is 0 Å². The zero-order valence-electron chi connectivity index (χ0n) is 7.22. The fraction of sp³-hybridized carbons (Fsp3) is 0.400. The predicted octanol–water partition coefficient (Wildman–Crippen LogP) is 2.87. The second kappa shape index (κ2) is 5.04. The Morgan fingerprint density at radius 3 is 2.75 bits per heavy atom. The van der Waals surface area contributed by atoms with Gasteiger partial charge in [-0.25, -0.2) is 0 Å². The molecule has 0 N–H and O–H groups in total. The maximum atomic E-state index is 5.65. The first-order chi connectivity index (χ1) is 5.88. The lowest BCUT2D eigenvalue weighted by atomic mass is 10.1. The maximum absolute atomic E-state index is 5.65. The van der Waals surface area contributed by atoms with Crippen LogP contribution in [0.25, 0.3) is 0 Å². The summed E-state index contributed by atoms with van der Waals surface area (Å²) in [6.45, 7) is 2.69. The molecule has 12 heavy (non-hydrogen) atoms. The van der Waals surface area contributed by atoms with Crippen molar-refractivity contribution < 1.29 is 4.74 Å². The van der Waals surface area contributed by atoms with E-state index in [1.54, 1.807) is 0 Å². The predicted molar refractivity (Wildman–Crippen MR) is 52.0 cm³/mol. The lowest BCUT2D eigenvalue weighted by molar-refractivity contribution is 0.337. The van der Waals surface area contributed by atoms with Gasteiger partial charge in [0.05, 0.1) is 6.61 Å². The van der Waals surface area contributed by atoms with E-state index in [4.69, 9.17) is 16.3 Å². The molecule has 2 heteroatoms. The monoisotopic (exact) mass is 184 g/mol. The van der Waals surface area contributed by atoms with Crippen LogP contribution in [-0.4, -0.2) is 12.5 Å². The number of alkyl halides is 1. The third-order valence-electron chi connectivity index (χ3n) is 1.64. The number of aryl methyl sites for hydroxylation is 1. The van der Waals surface area contributed by atoms with Crippen molar-refractivity contribution in [1.82, 2.24) is 0 Å². The van der Waals surface area contributed by atoms with Crippen molar-refractivity contribution in [1.29, 1.82) is 0 Å². The molecule has 0 fully saturated rings. The number of halogens is 1. The lowest BCUT2D eigenvalue weighted by Crippen LogP contribution is -1.96. The smallest absolute Gasteiger partial charge is 0.122 e. The highest BCUT2D eigenvalue weighted by molar-refractivity contribution is 6.18. The summed E-state index contributed by atoms with van der Waals surface area (Å²) in [6, 6.07) is 8.01. The molecule has 0 saturated carbocycles. The number of benzene rings is 1. The largest absolute Gasteiger partial charge is 0.494 e. The van der Waals surface area contributed by atoms with Crippen molar-refractivity contribution in [3.05, 3.63) is 29.8 Å². The average molecular weight is 185 g/mol. The normalized spacial score (nSPS) is 9.83. The Hall–Kier alpha value is -0.690. The quantitative estimate of drug-likeness (QED) is 0.654. The van der Waals surface area contributed by atoms with Gasteiger partial charge in [0.15, 0.2) is 0 Å². The Kier molecular flexibility index (Phi) is 3.95. The van der Waals surface area contributed by atoms with Crippen LogP contribution in [0.3, 0.4) is 0 Å². The molecule has 0 aromatic heterocycles. The van der Waals surface area contributed by atoms with Crippen LogP contribution in [0.4, 0.5) is 0 Å². The van der Waals surface area contributed by atoms with Gasteiger partial charge in [-0.05, 0) is 25.0 Å². The highest BCUT2D eigenvalue weighted by Gasteiger charge is 1.99. The molecule has 66 valence electrons. The van der Waals surface area contributed by atoms with E-state index >= 15 is 0 Å². The molecule has 0 unspecified atom stereocenters. The van der Waals surface area contributed by atoms with E-state index in [-0.39, 0.29) is 0 Å². The first-order valence-corrected chi connectivity index (χ1v) is 4.68. The highest BCUT2D eigenvalue weighted by atomic mass is 35.5. The molecule has 1 nitrogen and oxygen atoms in total. The van der Waals surface area contributed by atoms with Crippen LogP contribution in [0.1, 0.15) is 12.5 Å². The van der Waals surface area contributed by atoms with E-state index in [9.17, 15) is 0 Å². The maximum Gasteiger partial charge on any atom is 0.122 e. The van der Waals surface area contributed by atoms with E-state index in [0.29, 0.717) is 12.5 Å². The van der Waals surface area contributed by atoms with Gasteiger partial charge in [0, 0.05) is 5.88 Å². The number of ether oxygens (including phenoxy) is 1. The summed E-state index contributed by atoms with van der Waals surface area (Å²) in [5.74, 6) is 1.60. The van der Waals surface area contributed by atoms with Crippen molar-refractivity contribution in [2.24, 2.45) is 0 Å². The summed E-state index contributed by atoms with van der Waals surface area (Å²) in [5.41, 5.74) is 1.19. The third kappa shape index (κ3) is 2.42. The number of para-hydroxylation sites is 1. The average Bonchev–Trinajstić information content (AvgIpc) is 2.09. The Balaban J connectivity index is 2.77. The molecule has 0 saturated heterocycles. The Morgan fingerprint density at radius 1 is 1.33 bits per heavy atom. The third-order valence-corrected chi connectivity index (χ3v) is 1.83. The van der Waals surface area contributed by atoms with Crippen LogP contribution in [0.2, 0.25) is 0 Å². The summed E-state index contributed by atoms with van der Waals surface area (Å²) in [7, 11) is 0. The standard InChI is InChI=1S/C10H13ClO/c1-2-12-10-6-4-3-5-9(10)7-8-11/h3-6H,2,7-8H2,1H3. The van der Waals surface area contributed by atoms with Gasteiger partial charge >= 0.3 is 0 Å². The van der Waals surface area contributed by atoms with Crippen molar-refractivity contribution in [2.45, 2.75) is 13.3 Å². The zero-order valence-corrected chi connectivity index (χ0v) is 7.97. The van der Waals surface area contributed by atoms with Crippen molar-refractivity contribution in [3.8, 4) is 5.75 Å². The van der Waals surface area contributed by atoms with Gasteiger partial charge in [0.1, 0.15) is 5.75 Å². The molecule has 1 aromatic carbocycles.